The van der Waals surface area contributed by atoms with Crippen LogP contribution in [0.3, 0.4) is 0 Å². The molecule has 0 bridgehead atoms. The molecule has 0 amide bonds. The summed E-state index contributed by atoms with van der Waals surface area (Å²) in [4.78, 5) is 4.98. The van der Waals surface area contributed by atoms with E-state index in [0.29, 0.717) is 0 Å². The zero-order valence-electron chi connectivity index (χ0n) is 15.7. The average molecular weight is 360 g/mol. The van der Waals surface area contributed by atoms with Gasteiger partial charge in [0.1, 0.15) is 5.82 Å². The third kappa shape index (κ3) is 2.80. The Morgan fingerprint density at radius 3 is 2.21 bits per heavy atom. The summed E-state index contributed by atoms with van der Waals surface area (Å²) in [6.07, 6.45) is 0. The van der Waals surface area contributed by atoms with E-state index in [1.807, 2.05) is 12.1 Å². The van der Waals surface area contributed by atoms with Gasteiger partial charge in [-0.05, 0) is 53.9 Å². The minimum atomic E-state index is 0.961. The molecule has 134 valence electrons. The summed E-state index contributed by atoms with van der Waals surface area (Å²) in [6.45, 7) is 2.15. The molecule has 0 radical (unpaired) electrons. The standard InChI is InChI=1S/C26H20N2/c1-19-10-5-6-15-23(19)20-11-9-12-21(18-20)26-27-24-16-7-8-17-25(24)28(26)22-13-3-2-4-14-22/h2-18H,1H3. The summed E-state index contributed by atoms with van der Waals surface area (Å²) in [5.41, 5.74) is 8.09. The van der Waals surface area contributed by atoms with Crippen molar-refractivity contribution < 1.29 is 0 Å². The van der Waals surface area contributed by atoms with Gasteiger partial charge < -0.3 is 0 Å². The molecule has 0 unspecified atom stereocenters. The first-order valence-electron chi connectivity index (χ1n) is 9.50. The highest BCUT2D eigenvalue weighted by Crippen LogP contribution is 2.32. The predicted octanol–water partition coefficient (Wildman–Crippen LogP) is 6.67. The van der Waals surface area contributed by atoms with Gasteiger partial charge in [-0.15, -0.1) is 0 Å². The van der Waals surface area contributed by atoms with Crippen molar-refractivity contribution in [1.82, 2.24) is 9.55 Å². The van der Waals surface area contributed by atoms with Crippen molar-refractivity contribution in [1.29, 1.82) is 0 Å². The number of hydrogen-bond acceptors (Lipinski definition) is 1. The second-order valence-electron chi connectivity index (χ2n) is 6.99. The summed E-state index contributed by atoms with van der Waals surface area (Å²) >= 11 is 0. The zero-order chi connectivity index (χ0) is 18.9. The van der Waals surface area contributed by atoms with Gasteiger partial charge in [0.25, 0.3) is 0 Å². The molecule has 0 saturated carbocycles. The van der Waals surface area contributed by atoms with E-state index in [1.165, 1.54) is 16.7 Å². The molecule has 0 saturated heterocycles. The normalized spacial score (nSPS) is 11.0. The molecule has 28 heavy (non-hydrogen) atoms. The molecule has 0 aliphatic carbocycles. The summed E-state index contributed by atoms with van der Waals surface area (Å²) in [5.74, 6) is 0.961. The minimum Gasteiger partial charge on any atom is -0.292 e. The number of para-hydroxylation sites is 3. The second-order valence-corrected chi connectivity index (χ2v) is 6.99. The third-order valence-electron chi connectivity index (χ3n) is 5.15. The highest BCUT2D eigenvalue weighted by Gasteiger charge is 2.14. The number of imidazole rings is 1. The van der Waals surface area contributed by atoms with Crippen LogP contribution in [0.4, 0.5) is 0 Å². The van der Waals surface area contributed by atoms with Gasteiger partial charge in [-0.25, -0.2) is 4.98 Å². The van der Waals surface area contributed by atoms with Gasteiger partial charge in [-0.1, -0.05) is 72.8 Å². The van der Waals surface area contributed by atoms with Crippen LogP contribution in [-0.2, 0) is 0 Å². The van der Waals surface area contributed by atoms with Crippen LogP contribution in [0.2, 0.25) is 0 Å². The van der Waals surface area contributed by atoms with Crippen LogP contribution in [0.5, 0.6) is 0 Å². The highest BCUT2D eigenvalue weighted by molar-refractivity contribution is 5.84. The highest BCUT2D eigenvalue weighted by atomic mass is 15.1. The largest absolute Gasteiger partial charge is 0.292 e. The Hall–Kier alpha value is -3.65. The van der Waals surface area contributed by atoms with Crippen LogP contribution in [0.1, 0.15) is 5.56 Å². The zero-order valence-corrected chi connectivity index (χ0v) is 15.7. The first kappa shape index (κ1) is 16.5. The summed E-state index contributed by atoms with van der Waals surface area (Å²) < 4.78 is 2.24. The molecular weight excluding hydrogens is 340 g/mol. The Morgan fingerprint density at radius 2 is 1.36 bits per heavy atom. The molecule has 0 spiro atoms. The van der Waals surface area contributed by atoms with E-state index in [2.05, 4.69) is 102 Å². The third-order valence-corrected chi connectivity index (χ3v) is 5.15. The van der Waals surface area contributed by atoms with E-state index in [1.54, 1.807) is 0 Å². The van der Waals surface area contributed by atoms with Crippen LogP contribution in [0.15, 0.2) is 103 Å². The number of hydrogen-bond donors (Lipinski definition) is 0. The molecular formula is C26H20N2. The predicted molar refractivity (Wildman–Crippen MR) is 117 cm³/mol. The molecule has 5 rings (SSSR count). The maximum Gasteiger partial charge on any atom is 0.145 e. The molecule has 2 heteroatoms. The van der Waals surface area contributed by atoms with Gasteiger partial charge in [0.15, 0.2) is 0 Å². The first-order chi connectivity index (χ1) is 13.8. The van der Waals surface area contributed by atoms with Gasteiger partial charge in [0.05, 0.1) is 11.0 Å². The van der Waals surface area contributed by atoms with Gasteiger partial charge in [-0.3, -0.25) is 4.57 Å². The smallest absolute Gasteiger partial charge is 0.145 e. The quantitative estimate of drug-likeness (QED) is 0.351. The number of nitrogens with zero attached hydrogens (tertiary/aromatic N) is 2. The summed E-state index contributed by atoms with van der Waals surface area (Å²) in [5, 5.41) is 0. The second kappa shape index (κ2) is 6.82. The van der Waals surface area contributed by atoms with Crippen LogP contribution in [0.25, 0.3) is 39.2 Å². The summed E-state index contributed by atoms with van der Waals surface area (Å²) in [6, 6.07) is 35.9. The number of rotatable bonds is 3. The van der Waals surface area contributed by atoms with Crippen LogP contribution < -0.4 is 0 Å². The lowest BCUT2D eigenvalue weighted by atomic mass is 9.99. The number of fused-ring (bicyclic) bond motifs is 1. The molecule has 1 aromatic heterocycles. The van der Waals surface area contributed by atoms with Gasteiger partial charge >= 0.3 is 0 Å². The topological polar surface area (TPSA) is 17.8 Å². The van der Waals surface area contributed by atoms with Crippen LogP contribution >= 0.6 is 0 Å². The lowest BCUT2D eigenvalue weighted by Gasteiger charge is -2.11. The Kier molecular flexibility index (Phi) is 4.02. The molecule has 0 atom stereocenters. The molecule has 0 N–H and O–H groups in total. The molecule has 0 aliphatic rings. The minimum absolute atomic E-state index is 0.961. The fraction of sp³-hybridized carbons (Fsp3) is 0.0385. The van der Waals surface area contributed by atoms with Gasteiger partial charge in [-0.2, -0.15) is 0 Å². The lowest BCUT2D eigenvalue weighted by Crippen LogP contribution is -1.97. The van der Waals surface area contributed by atoms with Crippen molar-refractivity contribution in [3.63, 3.8) is 0 Å². The van der Waals surface area contributed by atoms with Gasteiger partial charge in [0.2, 0.25) is 0 Å². The molecule has 0 aliphatic heterocycles. The monoisotopic (exact) mass is 360 g/mol. The van der Waals surface area contributed by atoms with Crippen molar-refractivity contribution in [3.05, 3.63) is 109 Å². The fourth-order valence-corrected chi connectivity index (χ4v) is 3.78. The number of aromatic nitrogens is 2. The van der Waals surface area contributed by atoms with Crippen LogP contribution in [-0.4, -0.2) is 9.55 Å². The maximum absolute atomic E-state index is 4.98. The van der Waals surface area contributed by atoms with E-state index in [0.717, 1.165) is 28.1 Å². The SMILES string of the molecule is Cc1ccccc1-c1cccc(-c2nc3ccccc3n2-c2ccccc2)c1. The van der Waals surface area contributed by atoms with Gasteiger partial charge in [0, 0.05) is 11.3 Å². The van der Waals surface area contributed by atoms with Crippen molar-refractivity contribution in [3.8, 4) is 28.2 Å². The van der Waals surface area contributed by atoms with E-state index in [-0.39, 0.29) is 0 Å². The average Bonchev–Trinajstić information content (AvgIpc) is 3.14. The number of benzene rings is 4. The van der Waals surface area contributed by atoms with Crippen LogP contribution in [0, 0.1) is 6.92 Å². The Bertz CT molecular complexity index is 1270. The lowest BCUT2D eigenvalue weighted by molar-refractivity contribution is 1.10. The fourth-order valence-electron chi connectivity index (χ4n) is 3.78. The number of aryl methyl sites for hydroxylation is 1. The molecule has 2 nitrogen and oxygen atoms in total. The van der Waals surface area contributed by atoms with Crippen molar-refractivity contribution in [2.75, 3.05) is 0 Å². The van der Waals surface area contributed by atoms with E-state index in [9.17, 15) is 0 Å². The Morgan fingerprint density at radius 1 is 0.643 bits per heavy atom. The van der Waals surface area contributed by atoms with E-state index < -0.39 is 0 Å². The van der Waals surface area contributed by atoms with Crippen molar-refractivity contribution in [2.24, 2.45) is 0 Å². The molecule has 0 fully saturated rings. The van der Waals surface area contributed by atoms with E-state index in [4.69, 9.17) is 4.98 Å². The Balaban J connectivity index is 1.75. The van der Waals surface area contributed by atoms with Crippen molar-refractivity contribution >= 4 is 11.0 Å². The maximum atomic E-state index is 4.98. The summed E-state index contributed by atoms with van der Waals surface area (Å²) in [7, 11) is 0. The first-order valence-corrected chi connectivity index (χ1v) is 9.50. The molecule has 5 aromatic rings. The van der Waals surface area contributed by atoms with Crippen molar-refractivity contribution in [2.45, 2.75) is 6.92 Å². The molecule has 1 heterocycles. The Labute approximate surface area is 164 Å². The van der Waals surface area contributed by atoms with E-state index >= 15 is 0 Å². The molecule has 4 aromatic carbocycles.